The van der Waals surface area contributed by atoms with Gasteiger partial charge in [-0.1, -0.05) is 6.92 Å². The van der Waals surface area contributed by atoms with Gasteiger partial charge in [-0.25, -0.2) is 0 Å². The molecule has 1 aliphatic heterocycles. The zero-order valence-electron chi connectivity index (χ0n) is 10.2. The summed E-state index contributed by atoms with van der Waals surface area (Å²) in [7, 11) is 0. The molecule has 0 saturated carbocycles. The molecular weight excluding hydrogens is 188 g/mol. The summed E-state index contributed by atoms with van der Waals surface area (Å²) < 4.78 is 0. The van der Waals surface area contributed by atoms with E-state index in [0.717, 1.165) is 18.9 Å². The normalized spacial score (nSPS) is 25.4. The van der Waals surface area contributed by atoms with E-state index in [9.17, 15) is 0 Å². The molecule has 2 N–H and O–H groups in total. The first-order chi connectivity index (χ1) is 7.27. The van der Waals surface area contributed by atoms with Gasteiger partial charge in [0, 0.05) is 19.2 Å². The van der Waals surface area contributed by atoms with Crippen LogP contribution in [0.3, 0.4) is 0 Å². The Labute approximate surface area is 93.9 Å². The minimum absolute atomic E-state index is 0.297. The van der Waals surface area contributed by atoms with E-state index in [4.69, 9.17) is 5.11 Å². The van der Waals surface area contributed by atoms with E-state index in [1.807, 2.05) is 0 Å². The fourth-order valence-electron chi connectivity index (χ4n) is 2.36. The zero-order chi connectivity index (χ0) is 11.1. The first kappa shape index (κ1) is 12.9. The second-order valence-electron chi connectivity index (χ2n) is 4.62. The van der Waals surface area contributed by atoms with Crippen LogP contribution in [-0.4, -0.2) is 48.8 Å². The number of nitrogens with zero attached hydrogens (tertiary/aromatic N) is 1. The lowest BCUT2D eigenvalue weighted by molar-refractivity contribution is 0.156. The Bertz CT molecular complexity index is 164. The fourth-order valence-corrected chi connectivity index (χ4v) is 2.36. The second kappa shape index (κ2) is 7.20. The van der Waals surface area contributed by atoms with Gasteiger partial charge in [-0.05, 0) is 51.7 Å². The molecule has 15 heavy (non-hydrogen) atoms. The van der Waals surface area contributed by atoms with Crippen molar-refractivity contribution in [3.05, 3.63) is 0 Å². The van der Waals surface area contributed by atoms with Gasteiger partial charge >= 0.3 is 0 Å². The van der Waals surface area contributed by atoms with E-state index in [0.29, 0.717) is 12.6 Å². The van der Waals surface area contributed by atoms with Crippen molar-refractivity contribution in [2.75, 3.05) is 32.8 Å². The number of rotatable bonds is 6. The summed E-state index contributed by atoms with van der Waals surface area (Å²) in [5.41, 5.74) is 0. The van der Waals surface area contributed by atoms with Gasteiger partial charge in [0.1, 0.15) is 0 Å². The molecule has 2 atom stereocenters. The molecule has 1 saturated heterocycles. The van der Waals surface area contributed by atoms with Crippen LogP contribution in [0.4, 0.5) is 0 Å². The minimum atomic E-state index is 0.297. The highest BCUT2D eigenvalue weighted by molar-refractivity contribution is 4.79. The first-order valence-electron chi connectivity index (χ1n) is 6.34. The van der Waals surface area contributed by atoms with Gasteiger partial charge in [0.15, 0.2) is 0 Å². The summed E-state index contributed by atoms with van der Waals surface area (Å²) >= 11 is 0. The molecule has 3 heteroatoms. The number of nitrogens with one attached hydrogen (secondary N) is 1. The molecule has 1 rings (SSSR count). The monoisotopic (exact) mass is 214 g/mol. The highest BCUT2D eigenvalue weighted by atomic mass is 16.3. The largest absolute Gasteiger partial charge is 0.396 e. The fraction of sp³-hybridized carbons (Fsp3) is 1.00. The molecule has 0 radical (unpaired) electrons. The third-order valence-electron chi connectivity index (χ3n) is 3.50. The minimum Gasteiger partial charge on any atom is -0.396 e. The van der Waals surface area contributed by atoms with Gasteiger partial charge in [0.25, 0.3) is 0 Å². The predicted octanol–water partition coefficient (Wildman–Crippen LogP) is 1.08. The maximum Gasteiger partial charge on any atom is 0.0443 e. The van der Waals surface area contributed by atoms with Crippen molar-refractivity contribution in [3.8, 4) is 0 Å². The van der Waals surface area contributed by atoms with Gasteiger partial charge in [0.2, 0.25) is 0 Å². The summed E-state index contributed by atoms with van der Waals surface area (Å²) in [5.74, 6) is 0.789. The number of hydrogen-bond acceptors (Lipinski definition) is 3. The number of likely N-dealkylation sites (tertiary alicyclic amines) is 1. The Morgan fingerprint density at radius 3 is 3.00 bits per heavy atom. The lowest BCUT2D eigenvalue weighted by Crippen LogP contribution is -2.44. The van der Waals surface area contributed by atoms with Crippen LogP contribution >= 0.6 is 0 Å². The van der Waals surface area contributed by atoms with E-state index >= 15 is 0 Å². The topological polar surface area (TPSA) is 35.5 Å². The Morgan fingerprint density at radius 2 is 2.33 bits per heavy atom. The molecule has 0 aliphatic carbocycles. The Morgan fingerprint density at radius 1 is 1.53 bits per heavy atom. The molecule has 0 bridgehead atoms. The van der Waals surface area contributed by atoms with E-state index < -0.39 is 0 Å². The molecule has 0 spiro atoms. The van der Waals surface area contributed by atoms with Gasteiger partial charge in [-0.3, -0.25) is 0 Å². The maximum atomic E-state index is 8.72. The van der Waals surface area contributed by atoms with Crippen LogP contribution in [0.5, 0.6) is 0 Å². The predicted molar refractivity (Wildman–Crippen MR) is 64.0 cm³/mol. The van der Waals surface area contributed by atoms with Crippen molar-refractivity contribution in [1.82, 2.24) is 10.2 Å². The summed E-state index contributed by atoms with van der Waals surface area (Å²) in [4.78, 5) is 2.54. The smallest absolute Gasteiger partial charge is 0.0443 e. The van der Waals surface area contributed by atoms with Crippen molar-refractivity contribution >= 4 is 0 Å². The second-order valence-corrected chi connectivity index (χ2v) is 4.62. The van der Waals surface area contributed by atoms with Crippen LogP contribution in [0, 0.1) is 5.92 Å². The summed E-state index contributed by atoms with van der Waals surface area (Å²) in [6, 6.07) is 0.589. The van der Waals surface area contributed by atoms with Crippen molar-refractivity contribution in [1.29, 1.82) is 0 Å². The van der Waals surface area contributed by atoms with Crippen LogP contribution in [0.1, 0.15) is 33.1 Å². The third kappa shape index (κ3) is 4.49. The molecule has 1 aliphatic rings. The van der Waals surface area contributed by atoms with E-state index in [-0.39, 0.29) is 0 Å². The number of piperidine rings is 1. The SMILES string of the molecule is CCN1CCCC(C(C)NCCCO)C1. The molecule has 90 valence electrons. The average molecular weight is 214 g/mol. The molecule has 0 amide bonds. The Kier molecular flexibility index (Phi) is 6.22. The molecule has 0 aromatic carbocycles. The summed E-state index contributed by atoms with van der Waals surface area (Å²) in [6.07, 6.45) is 3.56. The van der Waals surface area contributed by atoms with Crippen LogP contribution in [-0.2, 0) is 0 Å². The maximum absolute atomic E-state index is 8.72. The molecule has 1 fully saturated rings. The van der Waals surface area contributed by atoms with Gasteiger partial charge in [0.05, 0.1) is 0 Å². The Balaban J connectivity index is 2.22. The first-order valence-corrected chi connectivity index (χ1v) is 6.34. The van der Waals surface area contributed by atoms with Crippen LogP contribution in [0.25, 0.3) is 0 Å². The number of aliphatic hydroxyl groups excluding tert-OH is 1. The number of aliphatic hydroxyl groups is 1. The highest BCUT2D eigenvalue weighted by Crippen LogP contribution is 2.19. The standard InChI is InChI=1S/C12H26N2O/c1-3-14-8-4-6-12(10-14)11(2)13-7-5-9-15/h11-13,15H,3-10H2,1-2H3. The summed E-state index contributed by atoms with van der Waals surface area (Å²) in [5, 5.41) is 12.2. The zero-order valence-corrected chi connectivity index (χ0v) is 10.2. The van der Waals surface area contributed by atoms with Crippen molar-refractivity contribution in [2.45, 2.75) is 39.2 Å². The van der Waals surface area contributed by atoms with Crippen molar-refractivity contribution in [3.63, 3.8) is 0 Å². The molecule has 3 nitrogen and oxygen atoms in total. The van der Waals surface area contributed by atoms with Crippen LogP contribution < -0.4 is 5.32 Å². The molecule has 1 heterocycles. The van der Waals surface area contributed by atoms with E-state index in [2.05, 4.69) is 24.1 Å². The number of hydrogen-bond donors (Lipinski definition) is 2. The van der Waals surface area contributed by atoms with Gasteiger partial charge in [-0.15, -0.1) is 0 Å². The molecule has 0 aromatic rings. The molecular formula is C12H26N2O. The summed E-state index contributed by atoms with van der Waals surface area (Å²) in [6.45, 7) is 9.46. The molecule has 0 aromatic heterocycles. The van der Waals surface area contributed by atoms with Crippen LogP contribution in [0.2, 0.25) is 0 Å². The highest BCUT2D eigenvalue weighted by Gasteiger charge is 2.23. The van der Waals surface area contributed by atoms with Gasteiger partial charge < -0.3 is 15.3 Å². The Hall–Kier alpha value is -0.120. The van der Waals surface area contributed by atoms with Crippen LogP contribution in [0.15, 0.2) is 0 Å². The van der Waals surface area contributed by atoms with Crippen molar-refractivity contribution < 1.29 is 5.11 Å². The molecule has 2 unspecified atom stereocenters. The van der Waals surface area contributed by atoms with E-state index in [1.54, 1.807) is 0 Å². The van der Waals surface area contributed by atoms with Crippen molar-refractivity contribution in [2.24, 2.45) is 5.92 Å². The lowest BCUT2D eigenvalue weighted by Gasteiger charge is -2.35. The van der Waals surface area contributed by atoms with E-state index in [1.165, 1.54) is 32.5 Å². The lowest BCUT2D eigenvalue weighted by atomic mass is 9.91. The average Bonchev–Trinajstić information content (AvgIpc) is 2.29. The quantitative estimate of drug-likeness (QED) is 0.650. The third-order valence-corrected chi connectivity index (χ3v) is 3.50. The van der Waals surface area contributed by atoms with Gasteiger partial charge in [-0.2, -0.15) is 0 Å².